The highest BCUT2D eigenvalue weighted by molar-refractivity contribution is 5.94. The first kappa shape index (κ1) is 15.3. The second-order valence-corrected chi connectivity index (χ2v) is 5.52. The molecule has 3 amide bonds. The number of rotatable bonds is 3. The van der Waals surface area contributed by atoms with Crippen LogP contribution in [0.1, 0.15) is 30.6 Å². The molecule has 1 aliphatic heterocycles. The summed E-state index contributed by atoms with van der Waals surface area (Å²) in [6.45, 7) is 4.77. The lowest BCUT2D eigenvalue weighted by Gasteiger charge is -2.18. The van der Waals surface area contributed by atoms with Crippen molar-refractivity contribution in [1.82, 2.24) is 15.5 Å². The average molecular weight is 293 g/mol. The summed E-state index contributed by atoms with van der Waals surface area (Å²) in [5.41, 5.74) is 0.335. The molecule has 0 unspecified atom stereocenters. The zero-order valence-corrected chi connectivity index (χ0v) is 12.2. The van der Waals surface area contributed by atoms with Crippen LogP contribution in [-0.2, 0) is 0 Å². The molecule has 0 aliphatic carbocycles. The number of carbonyl (C=O) groups is 2. The quantitative estimate of drug-likeness (QED) is 0.892. The van der Waals surface area contributed by atoms with E-state index in [1.54, 1.807) is 11.0 Å². The Morgan fingerprint density at radius 1 is 1.38 bits per heavy atom. The van der Waals surface area contributed by atoms with Crippen molar-refractivity contribution >= 4 is 11.9 Å². The maximum absolute atomic E-state index is 13.1. The minimum atomic E-state index is -0.425. The van der Waals surface area contributed by atoms with Gasteiger partial charge in [-0.05, 0) is 38.5 Å². The van der Waals surface area contributed by atoms with Crippen LogP contribution in [0.4, 0.5) is 9.18 Å². The van der Waals surface area contributed by atoms with Crippen LogP contribution >= 0.6 is 0 Å². The van der Waals surface area contributed by atoms with Crippen molar-refractivity contribution in [2.75, 3.05) is 13.1 Å². The number of amides is 3. The van der Waals surface area contributed by atoms with E-state index in [-0.39, 0.29) is 24.0 Å². The Balaban J connectivity index is 1.90. The van der Waals surface area contributed by atoms with Gasteiger partial charge in [-0.15, -0.1) is 0 Å². The normalized spacial score (nSPS) is 17.9. The molecule has 0 aromatic heterocycles. The molecule has 1 saturated heterocycles. The van der Waals surface area contributed by atoms with E-state index < -0.39 is 5.82 Å². The van der Waals surface area contributed by atoms with E-state index in [0.29, 0.717) is 25.1 Å². The molecule has 114 valence electrons. The van der Waals surface area contributed by atoms with Gasteiger partial charge in [0.2, 0.25) is 0 Å². The van der Waals surface area contributed by atoms with E-state index >= 15 is 0 Å². The Kier molecular flexibility index (Phi) is 4.77. The van der Waals surface area contributed by atoms with Crippen LogP contribution in [-0.4, -0.2) is 42.0 Å². The molecule has 1 heterocycles. The molecule has 0 bridgehead atoms. The molecular weight excluding hydrogens is 273 g/mol. The minimum absolute atomic E-state index is 0.0661. The lowest BCUT2D eigenvalue weighted by molar-refractivity contribution is 0.0789. The SMILES string of the molecule is CC(C)NC(=O)N[C@H]1CCN(C(=O)c2cccc(F)c2)C1. The van der Waals surface area contributed by atoms with E-state index in [9.17, 15) is 14.0 Å². The highest BCUT2D eigenvalue weighted by Gasteiger charge is 2.28. The molecule has 0 spiro atoms. The summed E-state index contributed by atoms with van der Waals surface area (Å²) < 4.78 is 13.1. The van der Waals surface area contributed by atoms with Gasteiger partial charge in [-0.1, -0.05) is 6.07 Å². The summed E-state index contributed by atoms with van der Waals surface area (Å²) in [6, 6.07) is 5.42. The maximum Gasteiger partial charge on any atom is 0.315 e. The molecule has 6 heteroatoms. The highest BCUT2D eigenvalue weighted by atomic mass is 19.1. The molecule has 1 fully saturated rings. The predicted octanol–water partition coefficient (Wildman–Crippen LogP) is 1.75. The van der Waals surface area contributed by atoms with Gasteiger partial charge in [-0.2, -0.15) is 0 Å². The number of carbonyl (C=O) groups excluding carboxylic acids is 2. The van der Waals surface area contributed by atoms with Crippen molar-refractivity contribution in [2.24, 2.45) is 0 Å². The van der Waals surface area contributed by atoms with Crippen molar-refractivity contribution < 1.29 is 14.0 Å². The summed E-state index contributed by atoms with van der Waals surface area (Å²) in [6.07, 6.45) is 0.701. The van der Waals surface area contributed by atoms with Crippen molar-refractivity contribution in [3.63, 3.8) is 0 Å². The number of nitrogens with one attached hydrogen (secondary N) is 2. The minimum Gasteiger partial charge on any atom is -0.337 e. The first-order valence-electron chi connectivity index (χ1n) is 7.07. The number of hydrogen-bond donors (Lipinski definition) is 2. The largest absolute Gasteiger partial charge is 0.337 e. The highest BCUT2D eigenvalue weighted by Crippen LogP contribution is 2.14. The molecule has 21 heavy (non-hydrogen) atoms. The zero-order chi connectivity index (χ0) is 15.4. The lowest BCUT2D eigenvalue weighted by atomic mass is 10.2. The second kappa shape index (κ2) is 6.56. The van der Waals surface area contributed by atoms with Gasteiger partial charge >= 0.3 is 6.03 Å². The number of likely N-dealkylation sites (tertiary alicyclic amines) is 1. The topological polar surface area (TPSA) is 61.4 Å². The van der Waals surface area contributed by atoms with E-state index in [1.165, 1.54) is 18.2 Å². The van der Waals surface area contributed by atoms with Gasteiger partial charge in [0.15, 0.2) is 0 Å². The molecular formula is C15H20FN3O2. The number of halogens is 1. The van der Waals surface area contributed by atoms with Crippen LogP contribution in [0.5, 0.6) is 0 Å². The van der Waals surface area contributed by atoms with Crippen LogP contribution in [0.3, 0.4) is 0 Å². The third kappa shape index (κ3) is 4.18. The zero-order valence-electron chi connectivity index (χ0n) is 12.2. The summed E-state index contributed by atoms with van der Waals surface area (Å²) in [4.78, 5) is 25.5. The molecule has 1 aromatic rings. The predicted molar refractivity (Wildman–Crippen MR) is 77.5 cm³/mol. The number of urea groups is 1. The van der Waals surface area contributed by atoms with Crippen LogP contribution < -0.4 is 10.6 Å². The van der Waals surface area contributed by atoms with E-state index in [4.69, 9.17) is 0 Å². The molecule has 5 nitrogen and oxygen atoms in total. The molecule has 1 aromatic carbocycles. The Labute approximate surface area is 123 Å². The van der Waals surface area contributed by atoms with Gasteiger partial charge in [0, 0.05) is 30.7 Å². The van der Waals surface area contributed by atoms with E-state index in [0.717, 1.165) is 0 Å². The fourth-order valence-corrected chi connectivity index (χ4v) is 2.36. The first-order valence-corrected chi connectivity index (χ1v) is 7.07. The van der Waals surface area contributed by atoms with Crippen molar-refractivity contribution in [1.29, 1.82) is 0 Å². The standard InChI is InChI=1S/C15H20FN3O2/c1-10(2)17-15(21)18-13-6-7-19(9-13)14(20)11-4-3-5-12(16)8-11/h3-5,8,10,13H,6-7,9H2,1-2H3,(H2,17,18,21)/t13-/m0/s1. The van der Waals surface area contributed by atoms with Crippen molar-refractivity contribution in [3.8, 4) is 0 Å². The lowest BCUT2D eigenvalue weighted by Crippen LogP contribution is -2.45. The third-order valence-corrected chi connectivity index (χ3v) is 3.30. The molecule has 2 rings (SSSR count). The van der Waals surface area contributed by atoms with Gasteiger partial charge in [0.25, 0.3) is 5.91 Å². The van der Waals surface area contributed by atoms with Gasteiger partial charge in [0.05, 0.1) is 0 Å². The van der Waals surface area contributed by atoms with Crippen LogP contribution in [0.2, 0.25) is 0 Å². The molecule has 0 saturated carbocycles. The van der Waals surface area contributed by atoms with Crippen LogP contribution in [0.15, 0.2) is 24.3 Å². The van der Waals surface area contributed by atoms with Gasteiger partial charge < -0.3 is 15.5 Å². The summed E-state index contributed by atoms with van der Waals surface area (Å²) >= 11 is 0. The van der Waals surface area contributed by atoms with Crippen molar-refractivity contribution in [2.45, 2.75) is 32.4 Å². The fourth-order valence-electron chi connectivity index (χ4n) is 2.36. The Morgan fingerprint density at radius 3 is 2.81 bits per heavy atom. The van der Waals surface area contributed by atoms with Crippen LogP contribution in [0, 0.1) is 5.82 Å². The monoisotopic (exact) mass is 293 g/mol. The maximum atomic E-state index is 13.1. The molecule has 1 aliphatic rings. The number of hydrogen-bond acceptors (Lipinski definition) is 2. The molecule has 2 N–H and O–H groups in total. The van der Waals surface area contributed by atoms with Crippen molar-refractivity contribution in [3.05, 3.63) is 35.6 Å². The summed E-state index contributed by atoms with van der Waals surface area (Å²) in [5.74, 6) is -0.630. The fraction of sp³-hybridized carbons (Fsp3) is 0.467. The molecule has 0 radical (unpaired) electrons. The Bertz CT molecular complexity index is 533. The smallest absolute Gasteiger partial charge is 0.315 e. The Hall–Kier alpha value is -2.11. The second-order valence-electron chi connectivity index (χ2n) is 5.52. The van der Waals surface area contributed by atoms with Gasteiger partial charge in [0.1, 0.15) is 5.82 Å². The summed E-state index contributed by atoms with van der Waals surface area (Å²) in [5, 5.41) is 5.59. The van der Waals surface area contributed by atoms with Gasteiger partial charge in [-0.3, -0.25) is 4.79 Å². The Morgan fingerprint density at radius 2 is 2.14 bits per heavy atom. The average Bonchev–Trinajstić information content (AvgIpc) is 2.85. The van der Waals surface area contributed by atoms with Gasteiger partial charge in [-0.25, -0.2) is 9.18 Å². The summed E-state index contributed by atoms with van der Waals surface area (Å²) in [7, 11) is 0. The number of nitrogens with zero attached hydrogens (tertiary/aromatic N) is 1. The van der Waals surface area contributed by atoms with Crippen LogP contribution in [0.25, 0.3) is 0 Å². The third-order valence-electron chi connectivity index (χ3n) is 3.30. The van der Waals surface area contributed by atoms with E-state index in [1.807, 2.05) is 13.8 Å². The first-order chi connectivity index (χ1) is 9.95. The number of benzene rings is 1. The van der Waals surface area contributed by atoms with E-state index in [2.05, 4.69) is 10.6 Å². The molecule has 1 atom stereocenters.